The van der Waals surface area contributed by atoms with Crippen LogP contribution in [0.25, 0.3) is 0 Å². The second-order valence-corrected chi connectivity index (χ2v) is 6.01. The van der Waals surface area contributed by atoms with Gasteiger partial charge < -0.3 is 10.4 Å². The molecule has 1 aliphatic rings. The van der Waals surface area contributed by atoms with Crippen LogP contribution >= 0.6 is 11.3 Å². The Labute approximate surface area is 121 Å². The van der Waals surface area contributed by atoms with E-state index in [9.17, 15) is 9.90 Å². The molecule has 2 N–H and O–H groups in total. The molecule has 1 heterocycles. The number of hydrogen-bond acceptors (Lipinski definition) is 4. The fourth-order valence-electron chi connectivity index (χ4n) is 2.28. The maximum Gasteiger partial charge on any atom is 0.236 e. The van der Waals surface area contributed by atoms with Crippen molar-refractivity contribution < 1.29 is 9.90 Å². The minimum absolute atomic E-state index is 0.00445. The topological polar surface area (TPSA) is 62.2 Å². The summed E-state index contributed by atoms with van der Waals surface area (Å²) in [6.45, 7) is 1.66. The average molecular weight is 288 g/mol. The van der Waals surface area contributed by atoms with Gasteiger partial charge in [0.25, 0.3) is 0 Å². The number of thiazole rings is 1. The van der Waals surface area contributed by atoms with Crippen LogP contribution in [-0.2, 0) is 10.2 Å². The summed E-state index contributed by atoms with van der Waals surface area (Å²) in [7, 11) is 0. The monoisotopic (exact) mass is 288 g/mol. The van der Waals surface area contributed by atoms with Crippen molar-refractivity contribution in [2.45, 2.75) is 31.3 Å². The summed E-state index contributed by atoms with van der Waals surface area (Å²) in [5.41, 5.74) is 1.26. The molecule has 4 nitrogen and oxygen atoms in total. The lowest BCUT2D eigenvalue weighted by Gasteiger charge is -2.14. The van der Waals surface area contributed by atoms with E-state index in [-0.39, 0.29) is 5.91 Å². The zero-order valence-electron chi connectivity index (χ0n) is 11.2. The summed E-state index contributed by atoms with van der Waals surface area (Å²) in [5, 5.41) is 14.6. The number of anilines is 1. The molecule has 1 fully saturated rings. The van der Waals surface area contributed by atoms with E-state index in [1.165, 1.54) is 11.3 Å². The first kappa shape index (κ1) is 13.3. The van der Waals surface area contributed by atoms with Crippen LogP contribution in [0.2, 0.25) is 0 Å². The Morgan fingerprint density at radius 1 is 1.40 bits per heavy atom. The van der Waals surface area contributed by atoms with Gasteiger partial charge in [0.2, 0.25) is 5.91 Å². The summed E-state index contributed by atoms with van der Waals surface area (Å²) in [6.07, 6.45) is 1.13. The quantitative estimate of drug-likeness (QED) is 0.909. The second-order valence-electron chi connectivity index (χ2n) is 5.16. The van der Waals surface area contributed by atoms with Crippen LogP contribution in [0.3, 0.4) is 0 Å². The second kappa shape index (κ2) is 5.00. The van der Waals surface area contributed by atoms with Crippen LogP contribution in [0.4, 0.5) is 5.13 Å². The molecular weight excluding hydrogens is 272 g/mol. The molecule has 1 saturated carbocycles. The summed E-state index contributed by atoms with van der Waals surface area (Å²) in [6, 6.07) is 9.85. The Balaban J connectivity index is 1.76. The number of carbonyl (C=O) groups excluding carboxylic acids is 1. The smallest absolute Gasteiger partial charge is 0.236 e. The molecule has 1 aromatic carbocycles. The third-order valence-corrected chi connectivity index (χ3v) is 4.46. The zero-order chi connectivity index (χ0) is 14.2. The van der Waals surface area contributed by atoms with Crippen molar-refractivity contribution in [1.82, 2.24) is 4.98 Å². The van der Waals surface area contributed by atoms with Crippen molar-refractivity contribution in [2.75, 3.05) is 5.32 Å². The molecule has 1 unspecified atom stereocenters. The van der Waals surface area contributed by atoms with E-state index in [0.717, 1.165) is 18.4 Å². The zero-order valence-corrected chi connectivity index (χ0v) is 12.0. The normalized spacial score (nSPS) is 17.5. The minimum Gasteiger partial charge on any atom is -0.387 e. The third-order valence-electron chi connectivity index (χ3n) is 3.68. The van der Waals surface area contributed by atoms with Crippen molar-refractivity contribution in [3.63, 3.8) is 0 Å². The number of benzene rings is 1. The molecule has 1 amide bonds. The van der Waals surface area contributed by atoms with Gasteiger partial charge in [0.05, 0.1) is 17.2 Å². The molecular formula is C15H16N2O2S. The number of aromatic nitrogens is 1. The molecule has 0 saturated heterocycles. The van der Waals surface area contributed by atoms with Crippen LogP contribution < -0.4 is 5.32 Å². The highest BCUT2D eigenvalue weighted by molar-refractivity contribution is 7.13. The predicted octanol–water partition coefficient (Wildman–Crippen LogP) is 2.87. The number of amides is 1. The molecule has 3 rings (SSSR count). The van der Waals surface area contributed by atoms with Crippen molar-refractivity contribution in [1.29, 1.82) is 0 Å². The van der Waals surface area contributed by atoms with Gasteiger partial charge >= 0.3 is 0 Å². The number of hydrogen-bond donors (Lipinski definition) is 2. The predicted molar refractivity (Wildman–Crippen MR) is 78.7 cm³/mol. The summed E-state index contributed by atoms with van der Waals surface area (Å²) in [4.78, 5) is 16.7. The number of aliphatic hydroxyl groups is 1. The van der Waals surface area contributed by atoms with Gasteiger partial charge in [0.1, 0.15) is 0 Å². The molecule has 0 spiro atoms. The van der Waals surface area contributed by atoms with Gasteiger partial charge in [-0.3, -0.25) is 4.79 Å². The number of nitrogens with one attached hydrogen (secondary N) is 1. The van der Waals surface area contributed by atoms with Crippen molar-refractivity contribution in [2.24, 2.45) is 0 Å². The molecule has 0 radical (unpaired) electrons. The summed E-state index contributed by atoms with van der Waals surface area (Å²) >= 11 is 1.34. The van der Waals surface area contributed by atoms with Gasteiger partial charge in [-0.25, -0.2) is 4.98 Å². The number of nitrogens with zero attached hydrogens (tertiary/aromatic N) is 1. The highest BCUT2D eigenvalue weighted by Gasteiger charge is 2.51. The Morgan fingerprint density at radius 2 is 2.10 bits per heavy atom. The lowest BCUT2D eigenvalue weighted by Crippen LogP contribution is -2.27. The van der Waals surface area contributed by atoms with E-state index >= 15 is 0 Å². The number of rotatable bonds is 4. The van der Waals surface area contributed by atoms with Crippen LogP contribution in [0.5, 0.6) is 0 Å². The highest BCUT2D eigenvalue weighted by atomic mass is 32.1. The largest absolute Gasteiger partial charge is 0.387 e. The third kappa shape index (κ3) is 2.34. The van der Waals surface area contributed by atoms with Gasteiger partial charge in [-0.1, -0.05) is 30.3 Å². The van der Waals surface area contributed by atoms with E-state index in [0.29, 0.717) is 10.8 Å². The first-order chi connectivity index (χ1) is 9.62. The van der Waals surface area contributed by atoms with Gasteiger partial charge in [-0.05, 0) is 25.3 Å². The van der Waals surface area contributed by atoms with Crippen molar-refractivity contribution in [3.05, 3.63) is 47.0 Å². The van der Waals surface area contributed by atoms with Gasteiger partial charge in [-0.15, -0.1) is 11.3 Å². The fraction of sp³-hybridized carbons (Fsp3) is 0.333. The lowest BCUT2D eigenvalue weighted by atomic mass is 9.95. The van der Waals surface area contributed by atoms with E-state index in [2.05, 4.69) is 10.3 Å². The van der Waals surface area contributed by atoms with E-state index < -0.39 is 11.5 Å². The molecule has 2 aromatic rings. The molecule has 104 valence electrons. The Bertz CT molecular complexity index is 618. The Hall–Kier alpha value is -1.72. The number of carbonyl (C=O) groups is 1. The van der Waals surface area contributed by atoms with Crippen LogP contribution in [0, 0.1) is 0 Å². The highest BCUT2D eigenvalue weighted by Crippen LogP contribution is 2.49. The Kier molecular flexibility index (Phi) is 3.31. The molecule has 1 atom stereocenters. The molecule has 1 aromatic heterocycles. The molecule has 5 heteroatoms. The minimum atomic E-state index is -0.610. The average Bonchev–Trinajstić information content (AvgIpc) is 3.14. The van der Waals surface area contributed by atoms with Crippen LogP contribution in [0.1, 0.15) is 37.1 Å². The molecule has 1 aliphatic carbocycles. The van der Waals surface area contributed by atoms with Gasteiger partial charge in [0, 0.05) is 5.38 Å². The van der Waals surface area contributed by atoms with E-state index in [1.807, 2.05) is 30.3 Å². The van der Waals surface area contributed by atoms with Crippen molar-refractivity contribution >= 4 is 22.4 Å². The molecule has 0 aliphatic heterocycles. The molecule has 20 heavy (non-hydrogen) atoms. The molecule has 0 bridgehead atoms. The van der Waals surface area contributed by atoms with Gasteiger partial charge in [0.15, 0.2) is 5.13 Å². The summed E-state index contributed by atoms with van der Waals surface area (Å²) in [5.74, 6) is -0.00445. The van der Waals surface area contributed by atoms with Crippen LogP contribution in [-0.4, -0.2) is 16.0 Å². The lowest BCUT2D eigenvalue weighted by molar-refractivity contribution is -0.118. The van der Waals surface area contributed by atoms with Crippen molar-refractivity contribution in [3.8, 4) is 0 Å². The first-order valence-corrected chi connectivity index (χ1v) is 7.50. The maximum absolute atomic E-state index is 12.5. The summed E-state index contributed by atoms with van der Waals surface area (Å²) < 4.78 is 0. The SMILES string of the molecule is CC(O)c1csc(NC(=O)C2(c3ccccc3)CC2)n1. The fourth-order valence-corrected chi connectivity index (χ4v) is 3.07. The van der Waals surface area contributed by atoms with E-state index in [1.54, 1.807) is 12.3 Å². The first-order valence-electron chi connectivity index (χ1n) is 6.62. The van der Waals surface area contributed by atoms with E-state index in [4.69, 9.17) is 0 Å². The van der Waals surface area contributed by atoms with Gasteiger partial charge in [-0.2, -0.15) is 0 Å². The standard InChI is InChI=1S/C15H16N2O2S/c1-10(18)12-9-20-14(16-12)17-13(19)15(7-8-15)11-5-3-2-4-6-11/h2-6,9-10,18H,7-8H2,1H3,(H,16,17,19). The maximum atomic E-state index is 12.5. The Morgan fingerprint density at radius 3 is 2.65 bits per heavy atom. The van der Waals surface area contributed by atoms with Crippen LogP contribution in [0.15, 0.2) is 35.7 Å². The number of aliphatic hydroxyl groups excluding tert-OH is 1.